The van der Waals surface area contributed by atoms with Crippen molar-refractivity contribution in [2.45, 2.75) is 38.5 Å². The van der Waals surface area contributed by atoms with Crippen molar-refractivity contribution < 1.29 is 9.53 Å². The predicted molar refractivity (Wildman–Crippen MR) is 118 cm³/mol. The molecule has 0 bridgehead atoms. The molecule has 1 fully saturated rings. The Bertz CT molecular complexity index is 390. The number of aliphatic imine (C=N–C) groups is 1. The summed E-state index contributed by atoms with van der Waals surface area (Å²) in [4.78, 5) is 18.3. The van der Waals surface area contributed by atoms with Crippen LogP contribution < -0.4 is 16.0 Å². The first-order valence-corrected chi connectivity index (χ1v) is 9.54. The summed E-state index contributed by atoms with van der Waals surface area (Å²) in [7, 11) is 5.60. The van der Waals surface area contributed by atoms with Gasteiger partial charge in [0.25, 0.3) is 0 Å². The quantitative estimate of drug-likeness (QED) is 0.170. The average Bonchev–Trinajstić information content (AvgIpc) is 3.10. The fraction of sp³-hybridized carbons (Fsp3) is 0.889. The maximum Gasteiger partial charge on any atom is 0.220 e. The number of halogens is 1. The molecule has 1 saturated carbocycles. The Balaban J connectivity index is 0.00000625. The molecule has 0 spiro atoms. The summed E-state index contributed by atoms with van der Waals surface area (Å²) < 4.78 is 5.06. The Morgan fingerprint density at radius 1 is 1.12 bits per heavy atom. The first-order chi connectivity index (χ1) is 12.2. The molecule has 0 radical (unpaired) electrons. The minimum Gasteiger partial charge on any atom is -0.385 e. The van der Waals surface area contributed by atoms with Crippen LogP contribution in [0, 0.1) is 5.92 Å². The van der Waals surface area contributed by atoms with Gasteiger partial charge in [-0.05, 0) is 32.2 Å². The lowest BCUT2D eigenvalue weighted by Crippen LogP contribution is -2.43. The number of methoxy groups -OCH3 is 1. The van der Waals surface area contributed by atoms with Gasteiger partial charge in [0, 0.05) is 59.9 Å². The van der Waals surface area contributed by atoms with Crippen molar-refractivity contribution in [1.29, 1.82) is 0 Å². The molecular weight excluding hydrogens is 445 g/mol. The van der Waals surface area contributed by atoms with Crippen LogP contribution in [-0.4, -0.2) is 77.3 Å². The number of hydrogen-bond donors (Lipinski definition) is 3. The summed E-state index contributed by atoms with van der Waals surface area (Å²) in [5, 5.41) is 9.51. The van der Waals surface area contributed by atoms with E-state index < -0.39 is 0 Å². The molecule has 0 aromatic carbocycles. The number of hydrogen-bond acceptors (Lipinski definition) is 4. The molecule has 0 atom stereocenters. The number of carbonyl (C=O) groups excluding carboxylic acids is 1. The number of amides is 1. The van der Waals surface area contributed by atoms with E-state index in [1.807, 2.05) is 0 Å². The predicted octanol–water partition coefficient (Wildman–Crippen LogP) is 1.43. The molecular formula is C18H38IN5O2. The molecule has 1 aliphatic rings. The second kappa shape index (κ2) is 16.6. The number of ether oxygens (including phenoxy) is 1. The molecule has 1 amide bonds. The highest BCUT2D eigenvalue weighted by atomic mass is 127. The standard InChI is InChI=1S/C18H37N5O2.HI/c1-19-18(22-11-13-23(2)12-6-14-25-3)21-10-9-20-17(24)15-16-7-4-5-8-16;/h16H,4-15H2,1-3H3,(H,20,24)(H2,19,21,22);1H. The van der Waals surface area contributed by atoms with Crippen molar-refractivity contribution in [3.05, 3.63) is 0 Å². The Labute approximate surface area is 176 Å². The lowest BCUT2D eigenvalue weighted by atomic mass is 10.0. The second-order valence-electron chi connectivity index (χ2n) is 6.78. The number of likely N-dealkylation sites (N-methyl/N-ethyl adjacent to an activating group) is 1. The lowest BCUT2D eigenvalue weighted by molar-refractivity contribution is -0.121. The van der Waals surface area contributed by atoms with Crippen LogP contribution in [0.15, 0.2) is 4.99 Å². The van der Waals surface area contributed by atoms with Crippen molar-refractivity contribution >= 4 is 35.8 Å². The first-order valence-electron chi connectivity index (χ1n) is 9.54. The number of rotatable bonds is 12. The number of nitrogens with zero attached hydrogens (tertiary/aromatic N) is 2. The van der Waals surface area contributed by atoms with Gasteiger partial charge in [-0.25, -0.2) is 0 Å². The summed E-state index contributed by atoms with van der Waals surface area (Å²) in [6.07, 6.45) is 6.71. The Morgan fingerprint density at radius 2 is 1.77 bits per heavy atom. The van der Waals surface area contributed by atoms with Gasteiger partial charge >= 0.3 is 0 Å². The van der Waals surface area contributed by atoms with Crippen LogP contribution in [0.25, 0.3) is 0 Å². The Kier molecular flexibility index (Phi) is 16.2. The van der Waals surface area contributed by atoms with Crippen LogP contribution in [0.4, 0.5) is 0 Å². The van der Waals surface area contributed by atoms with E-state index in [2.05, 4.69) is 32.9 Å². The Hall–Kier alpha value is -0.610. The maximum atomic E-state index is 11.9. The molecule has 154 valence electrons. The minimum absolute atomic E-state index is 0. The Morgan fingerprint density at radius 3 is 2.42 bits per heavy atom. The van der Waals surface area contributed by atoms with E-state index in [0.29, 0.717) is 25.4 Å². The first kappa shape index (κ1) is 25.4. The molecule has 0 aromatic rings. The SMILES string of the molecule is CN=C(NCCNC(=O)CC1CCCC1)NCCN(C)CCCOC.I. The van der Waals surface area contributed by atoms with E-state index in [0.717, 1.165) is 38.6 Å². The monoisotopic (exact) mass is 483 g/mol. The van der Waals surface area contributed by atoms with Gasteiger partial charge in [-0.2, -0.15) is 0 Å². The van der Waals surface area contributed by atoms with Crippen LogP contribution in [0.2, 0.25) is 0 Å². The van der Waals surface area contributed by atoms with Crippen LogP contribution >= 0.6 is 24.0 Å². The zero-order chi connectivity index (χ0) is 18.3. The van der Waals surface area contributed by atoms with Gasteiger partial charge in [-0.1, -0.05) is 12.8 Å². The van der Waals surface area contributed by atoms with Gasteiger partial charge in [0.05, 0.1) is 0 Å². The van der Waals surface area contributed by atoms with Gasteiger partial charge in [0.1, 0.15) is 0 Å². The summed E-state index contributed by atoms with van der Waals surface area (Å²) in [6.45, 7) is 4.91. The molecule has 0 aromatic heterocycles. The normalized spacial score (nSPS) is 15.0. The van der Waals surface area contributed by atoms with Crippen LogP contribution in [0.5, 0.6) is 0 Å². The van der Waals surface area contributed by atoms with E-state index in [-0.39, 0.29) is 29.9 Å². The van der Waals surface area contributed by atoms with Crippen molar-refractivity contribution in [2.24, 2.45) is 10.9 Å². The minimum atomic E-state index is 0. The van der Waals surface area contributed by atoms with Crippen LogP contribution in [-0.2, 0) is 9.53 Å². The fourth-order valence-corrected chi connectivity index (χ4v) is 3.11. The third-order valence-electron chi connectivity index (χ3n) is 4.59. The highest BCUT2D eigenvalue weighted by Crippen LogP contribution is 2.27. The average molecular weight is 483 g/mol. The lowest BCUT2D eigenvalue weighted by Gasteiger charge is -2.18. The smallest absolute Gasteiger partial charge is 0.220 e. The molecule has 8 heteroatoms. The molecule has 0 saturated heterocycles. The highest BCUT2D eigenvalue weighted by molar-refractivity contribution is 14.0. The van der Waals surface area contributed by atoms with E-state index in [1.165, 1.54) is 25.7 Å². The zero-order valence-corrected chi connectivity index (χ0v) is 19.0. The van der Waals surface area contributed by atoms with Crippen molar-refractivity contribution in [1.82, 2.24) is 20.9 Å². The highest BCUT2D eigenvalue weighted by Gasteiger charge is 2.17. The van der Waals surface area contributed by atoms with Crippen LogP contribution in [0.1, 0.15) is 38.5 Å². The molecule has 1 rings (SSSR count). The third kappa shape index (κ3) is 12.7. The van der Waals surface area contributed by atoms with E-state index in [9.17, 15) is 4.79 Å². The number of nitrogens with one attached hydrogen (secondary N) is 3. The van der Waals surface area contributed by atoms with Gasteiger partial charge in [0.2, 0.25) is 5.91 Å². The van der Waals surface area contributed by atoms with Crippen molar-refractivity contribution in [3.63, 3.8) is 0 Å². The third-order valence-corrected chi connectivity index (χ3v) is 4.59. The molecule has 0 unspecified atom stereocenters. The van der Waals surface area contributed by atoms with Gasteiger partial charge in [0.15, 0.2) is 5.96 Å². The number of carbonyl (C=O) groups is 1. The number of guanidine groups is 1. The van der Waals surface area contributed by atoms with Crippen LogP contribution in [0.3, 0.4) is 0 Å². The second-order valence-corrected chi connectivity index (χ2v) is 6.78. The van der Waals surface area contributed by atoms with Crippen molar-refractivity contribution in [2.75, 3.05) is 60.5 Å². The fourth-order valence-electron chi connectivity index (χ4n) is 3.11. The maximum absolute atomic E-state index is 11.9. The summed E-state index contributed by atoms with van der Waals surface area (Å²) in [5.74, 6) is 1.55. The largest absolute Gasteiger partial charge is 0.385 e. The van der Waals surface area contributed by atoms with Crippen molar-refractivity contribution in [3.8, 4) is 0 Å². The molecule has 0 heterocycles. The molecule has 7 nitrogen and oxygen atoms in total. The van der Waals surface area contributed by atoms with E-state index >= 15 is 0 Å². The summed E-state index contributed by atoms with van der Waals surface area (Å²) in [6, 6.07) is 0. The van der Waals surface area contributed by atoms with Gasteiger partial charge < -0.3 is 25.6 Å². The summed E-state index contributed by atoms with van der Waals surface area (Å²) >= 11 is 0. The van der Waals surface area contributed by atoms with Gasteiger partial charge in [-0.15, -0.1) is 24.0 Å². The topological polar surface area (TPSA) is 78.0 Å². The molecule has 0 aliphatic heterocycles. The molecule has 3 N–H and O–H groups in total. The zero-order valence-electron chi connectivity index (χ0n) is 16.7. The van der Waals surface area contributed by atoms with Gasteiger partial charge in [-0.3, -0.25) is 9.79 Å². The summed E-state index contributed by atoms with van der Waals surface area (Å²) in [5.41, 5.74) is 0. The molecule has 1 aliphatic carbocycles. The van der Waals surface area contributed by atoms with E-state index in [4.69, 9.17) is 4.74 Å². The molecule has 26 heavy (non-hydrogen) atoms. The van der Waals surface area contributed by atoms with E-state index in [1.54, 1.807) is 14.2 Å².